The van der Waals surface area contributed by atoms with Crippen LogP contribution in [-0.4, -0.2) is 20.3 Å². The molecular formula is C8H10F3N3OS. The van der Waals surface area contributed by atoms with E-state index < -0.39 is 29.3 Å². The van der Waals surface area contributed by atoms with Crippen molar-refractivity contribution in [2.75, 3.05) is 0 Å². The fourth-order valence-electron chi connectivity index (χ4n) is 1.20. The third kappa shape index (κ3) is 2.63. The lowest BCUT2D eigenvalue weighted by Crippen LogP contribution is -2.39. The van der Waals surface area contributed by atoms with Crippen LogP contribution in [0.1, 0.15) is 0 Å². The molecule has 8 heteroatoms. The molecule has 1 rings (SSSR count). The summed E-state index contributed by atoms with van der Waals surface area (Å²) in [6, 6.07) is 0. The van der Waals surface area contributed by atoms with Gasteiger partial charge in [0.2, 0.25) is 0 Å². The van der Waals surface area contributed by atoms with Gasteiger partial charge in [-0.1, -0.05) is 12.2 Å². The Balaban J connectivity index is 2.98. The molecule has 90 valence electrons. The molecule has 0 spiro atoms. The van der Waals surface area contributed by atoms with Gasteiger partial charge in [-0.15, -0.1) is 0 Å². The third-order valence-corrected chi connectivity index (χ3v) is 2.42. The lowest BCUT2D eigenvalue weighted by Gasteiger charge is -2.18. The van der Waals surface area contributed by atoms with Gasteiger partial charge in [0, 0.05) is 26.0 Å². The van der Waals surface area contributed by atoms with E-state index in [0.29, 0.717) is 0 Å². The van der Waals surface area contributed by atoms with Crippen molar-refractivity contribution in [3.63, 3.8) is 0 Å². The Morgan fingerprint density at radius 1 is 1.56 bits per heavy atom. The lowest BCUT2D eigenvalue weighted by molar-refractivity contribution is -0.158. The SMILES string of the molecule is Cn1ccn(CC(C(N)=S)C(F)(F)F)c1=O. The highest BCUT2D eigenvalue weighted by Crippen LogP contribution is 2.27. The van der Waals surface area contributed by atoms with Gasteiger partial charge in [0.05, 0.1) is 4.99 Å². The maximum Gasteiger partial charge on any atom is 0.399 e. The zero-order valence-corrected chi connectivity index (χ0v) is 9.18. The van der Waals surface area contributed by atoms with Crippen LogP contribution < -0.4 is 11.4 Å². The minimum atomic E-state index is -4.54. The monoisotopic (exact) mass is 253 g/mol. The highest BCUT2D eigenvalue weighted by atomic mass is 32.1. The number of aromatic nitrogens is 2. The van der Waals surface area contributed by atoms with Gasteiger partial charge in [-0.25, -0.2) is 4.79 Å². The van der Waals surface area contributed by atoms with Crippen LogP contribution in [0.3, 0.4) is 0 Å². The summed E-state index contributed by atoms with van der Waals surface area (Å²) >= 11 is 4.35. The number of hydrogen-bond donors (Lipinski definition) is 1. The first-order chi connectivity index (χ1) is 7.23. The number of rotatable bonds is 3. The summed E-state index contributed by atoms with van der Waals surface area (Å²) in [5.74, 6) is -1.98. The Labute approximate surface area is 94.5 Å². The number of nitrogens with zero attached hydrogens (tertiary/aromatic N) is 2. The van der Waals surface area contributed by atoms with E-state index in [4.69, 9.17) is 5.73 Å². The van der Waals surface area contributed by atoms with Crippen LogP contribution >= 0.6 is 12.2 Å². The number of thiocarbonyl (C=S) groups is 1. The number of aryl methyl sites for hydroxylation is 1. The quantitative estimate of drug-likeness (QED) is 0.805. The molecule has 0 aliphatic heterocycles. The first kappa shape index (κ1) is 12.8. The molecule has 1 atom stereocenters. The topological polar surface area (TPSA) is 52.9 Å². The molecule has 0 saturated carbocycles. The molecule has 0 amide bonds. The van der Waals surface area contributed by atoms with Gasteiger partial charge >= 0.3 is 11.9 Å². The van der Waals surface area contributed by atoms with Crippen molar-refractivity contribution in [3.05, 3.63) is 22.9 Å². The van der Waals surface area contributed by atoms with Crippen LogP contribution in [0.2, 0.25) is 0 Å². The Morgan fingerprint density at radius 3 is 2.44 bits per heavy atom. The van der Waals surface area contributed by atoms with Gasteiger partial charge in [-0.2, -0.15) is 13.2 Å². The first-order valence-electron chi connectivity index (χ1n) is 4.31. The van der Waals surface area contributed by atoms with Gasteiger partial charge in [-0.05, 0) is 0 Å². The molecule has 0 saturated heterocycles. The zero-order chi connectivity index (χ0) is 12.5. The summed E-state index contributed by atoms with van der Waals surface area (Å²) in [5.41, 5.74) is 4.48. The third-order valence-electron chi connectivity index (χ3n) is 2.14. The van der Waals surface area contributed by atoms with Crippen LogP contribution in [-0.2, 0) is 13.6 Å². The second-order valence-corrected chi connectivity index (χ2v) is 3.81. The van der Waals surface area contributed by atoms with Crippen molar-refractivity contribution >= 4 is 17.2 Å². The van der Waals surface area contributed by atoms with Crippen LogP contribution in [0.15, 0.2) is 17.2 Å². The Hall–Kier alpha value is -1.31. The maximum atomic E-state index is 12.5. The van der Waals surface area contributed by atoms with Gasteiger partial charge in [0.1, 0.15) is 5.92 Å². The molecule has 4 nitrogen and oxygen atoms in total. The number of nitrogens with two attached hydrogens (primary N) is 1. The molecule has 1 heterocycles. The molecule has 2 N–H and O–H groups in total. The molecular weight excluding hydrogens is 243 g/mol. The normalized spacial score (nSPS) is 13.8. The van der Waals surface area contributed by atoms with Crippen LogP contribution in [0.4, 0.5) is 13.2 Å². The van der Waals surface area contributed by atoms with E-state index in [-0.39, 0.29) is 0 Å². The number of hydrogen-bond acceptors (Lipinski definition) is 2. The second-order valence-electron chi connectivity index (χ2n) is 3.34. The average Bonchev–Trinajstić information content (AvgIpc) is 2.42. The summed E-state index contributed by atoms with van der Waals surface area (Å²) in [6.07, 6.45) is -1.91. The molecule has 0 radical (unpaired) electrons. The minimum absolute atomic E-state index is 0.537. The summed E-state index contributed by atoms with van der Waals surface area (Å²) in [4.78, 5) is 10.7. The van der Waals surface area contributed by atoms with Crippen molar-refractivity contribution in [1.29, 1.82) is 0 Å². The molecule has 1 aromatic heterocycles. The van der Waals surface area contributed by atoms with Gasteiger partial charge in [0.25, 0.3) is 0 Å². The lowest BCUT2D eigenvalue weighted by atomic mass is 10.1. The van der Waals surface area contributed by atoms with Gasteiger partial charge in [-0.3, -0.25) is 4.57 Å². The second kappa shape index (κ2) is 4.28. The number of imidazole rings is 1. The van der Waals surface area contributed by atoms with E-state index in [1.54, 1.807) is 0 Å². The number of alkyl halides is 3. The Bertz CT molecular complexity index is 448. The molecule has 16 heavy (non-hydrogen) atoms. The fraction of sp³-hybridized carbons (Fsp3) is 0.500. The molecule has 0 fully saturated rings. The van der Waals surface area contributed by atoms with Crippen molar-refractivity contribution < 1.29 is 13.2 Å². The van der Waals surface area contributed by atoms with Crippen molar-refractivity contribution in [2.45, 2.75) is 12.7 Å². The number of halogens is 3. The summed E-state index contributed by atoms with van der Waals surface area (Å²) in [6.45, 7) is -0.585. The summed E-state index contributed by atoms with van der Waals surface area (Å²) in [7, 11) is 1.45. The van der Waals surface area contributed by atoms with E-state index in [1.165, 1.54) is 24.0 Å². The van der Waals surface area contributed by atoms with E-state index in [2.05, 4.69) is 12.2 Å². The van der Waals surface area contributed by atoms with Crippen LogP contribution in [0.5, 0.6) is 0 Å². The van der Waals surface area contributed by atoms with E-state index in [9.17, 15) is 18.0 Å². The highest BCUT2D eigenvalue weighted by molar-refractivity contribution is 7.80. The molecule has 1 aromatic rings. The zero-order valence-electron chi connectivity index (χ0n) is 8.36. The molecule has 0 bridgehead atoms. The molecule has 0 aromatic carbocycles. The van der Waals surface area contributed by atoms with E-state index in [0.717, 1.165) is 4.57 Å². The first-order valence-corrected chi connectivity index (χ1v) is 4.72. The fourth-order valence-corrected chi connectivity index (χ4v) is 1.41. The van der Waals surface area contributed by atoms with Crippen molar-refractivity contribution in [1.82, 2.24) is 9.13 Å². The van der Waals surface area contributed by atoms with E-state index >= 15 is 0 Å². The average molecular weight is 253 g/mol. The standard InChI is InChI=1S/C8H10F3N3OS/c1-13-2-3-14(7(13)15)4-5(6(12)16)8(9,10)11/h2-3,5H,4H2,1H3,(H2,12,16). The van der Waals surface area contributed by atoms with Crippen molar-refractivity contribution in [3.8, 4) is 0 Å². The minimum Gasteiger partial charge on any atom is -0.393 e. The largest absolute Gasteiger partial charge is 0.399 e. The van der Waals surface area contributed by atoms with E-state index in [1.807, 2.05) is 0 Å². The summed E-state index contributed by atoms with van der Waals surface area (Å²) < 4.78 is 39.6. The Kier molecular flexibility index (Phi) is 3.41. The smallest absolute Gasteiger partial charge is 0.393 e. The van der Waals surface area contributed by atoms with Crippen molar-refractivity contribution in [2.24, 2.45) is 18.7 Å². The molecule has 0 aliphatic carbocycles. The highest BCUT2D eigenvalue weighted by Gasteiger charge is 2.42. The maximum absolute atomic E-state index is 12.5. The predicted molar refractivity (Wildman–Crippen MR) is 56.0 cm³/mol. The van der Waals surface area contributed by atoms with Crippen LogP contribution in [0, 0.1) is 5.92 Å². The summed E-state index contributed by atoms with van der Waals surface area (Å²) in [5, 5.41) is 0. The van der Waals surface area contributed by atoms with Gasteiger partial charge in [0.15, 0.2) is 0 Å². The Morgan fingerprint density at radius 2 is 2.12 bits per heavy atom. The van der Waals surface area contributed by atoms with Gasteiger partial charge < -0.3 is 10.3 Å². The van der Waals surface area contributed by atoms with Crippen LogP contribution in [0.25, 0.3) is 0 Å². The molecule has 0 aliphatic rings. The predicted octanol–water partition coefficient (Wildman–Crippen LogP) is 0.651. The molecule has 1 unspecified atom stereocenters.